The molecule has 0 saturated heterocycles. The highest BCUT2D eigenvalue weighted by molar-refractivity contribution is 7.89. The Morgan fingerprint density at radius 1 is 1.13 bits per heavy atom. The molecule has 6 nitrogen and oxygen atoms in total. The largest absolute Gasteiger partial charge is 0.302 e. The van der Waals surface area contributed by atoms with Gasteiger partial charge < -0.3 is 5.32 Å². The van der Waals surface area contributed by atoms with E-state index in [2.05, 4.69) is 10.3 Å². The van der Waals surface area contributed by atoms with Crippen molar-refractivity contribution >= 4 is 32.4 Å². The molecule has 0 aliphatic heterocycles. The Bertz CT molecular complexity index is 1040. The monoisotopic (exact) mass is 463 g/mol. The van der Waals surface area contributed by atoms with E-state index in [1.54, 1.807) is 10.4 Å². The fraction of sp³-hybridized carbons (Fsp3) is 0.565. The topological polar surface area (TPSA) is 79.4 Å². The maximum Gasteiger partial charge on any atom is 0.243 e. The lowest BCUT2D eigenvalue weighted by Crippen LogP contribution is -2.42. The van der Waals surface area contributed by atoms with Gasteiger partial charge >= 0.3 is 0 Å². The van der Waals surface area contributed by atoms with Crippen molar-refractivity contribution in [3.8, 4) is 10.4 Å². The Balaban J connectivity index is 1.94. The molecule has 1 saturated carbocycles. The minimum absolute atomic E-state index is 0.0366. The van der Waals surface area contributed by atoms with Gasteiger partial charge in [-0.2, -0.15) is 4.31 Å². The highest BCUT2D eigenvalue weighted by Crippen LogP contribution is 2.36. The van der Waals surface area contributed by atoms with Crippen molar-refractivity contribution in [3.63, 3.8) is 0 Å². The maximum atomic E-state index is 13.5. The minimum atomic E-state index is -3.65. The number of sulfonamides is 1. The van der Waals surface area contributed by atoms with Crippen LogP contribution in [0.25, 0.3) is 10.4 Å². The van der Waals surface area contributed by atoms with Crippen molar-refractivity contribution in [2.24, 2.45) is 5.92 Å². The van der Waals surface area contributed by atoms with E-state index >= 15 is 0 Å². The van der Waals surface area contributed by atoms with Crippen molar-refractivity contribution in [2.45, 2.75) is 84.2 Å². The predicted molar refractivity (Wildman–Crippen MR) is 127 cm³/mol. The van der Waals surface area contributed by atoms with Crippen LogP contribution < -0.4 is 5.32 Å². The Labute approximate surface area is 190 Å². The molecule has 0 spiro atoms. The van der Waals surface area contributed by atoms with Gasteiger partial charge in [0.05, 0.1) is 15.5 Å². The Hall–Kier alpha value is -1.77. The third kappa shape index (κ3) is 5.02. The number of hydrogen-bond acceptors (Lipinski definition) is 5. The summed E-state index contributed by atoms with van der Waals surface area (Å²) in [7, 11) is -3.65. The molecule has 8 heteroatoms. The molecule has 0 unspecified atom stereocenters. The van der Waals surface area contributed by atoms with Crippen molar-refractivity contribution in [2.75, 3.05) is 5.32 Å². The molecule has 0 bridgehead atoms. The van der Waals surface area contributed by atoms with Crippen molar-refractivity contribution in [1.29, 1.82) is 0 Å². The van der Waals surface area contributed by atoms with Gasteiger partial charge in [0, 0.05) is 18.0 Å². The fourth-order valence-corrected chi connectivity index (χ4v) is 7.45. The third-order valence-electron chi connectivity index (χ3n) is 5.78. The molecule has 1 aromatic heterocycles. The SMILES string of the molecule is Cc1ccc(-c2sc(NC(=O)C3CCCC3)nc2C)cc1S(=O)(=O)N(C(C)C)C(C)C. The lowest BCUT2D eigenvalue weighted by molar-refractivity contribution is -0.119. The van der Waals surface area contributed by atoms with Crippen LogP contribution in [0.5, 0.6) is 0 Å². The number of anilines is 1. The summed E-state index contributed by atoms with van der Waals surface area (Å²) in [6, 6.07) is 5.22. The number of rotatable bonds is 7. The number of nitrogens with zero attached hydrogens (tertiary/aromatic N) is 2. The van der Waals surface area contributed by atoms with Crippen LogP contribution in [0.1, 0.15) is 64.6 Å². The highest BCUT2D eigenvalue weighted by Gasteiger charge is 2.31. The van der Waals surface area contributed by atoms with E-state index in [4.69, 9.17) is 0 Å². The second-order valence-electron chi connectivity index (χ2n) is 8.91. The number of aryl methyl sites for hydroxylation is 2. The van der Waals surface area contributed by atoms with Crippen LogP contribution in [0.2, 0.25) is 0 Å². The predicted octanol–water partition coefficient (Wildman–Crippen LogP) is 5.36. The summed E-state index contributed by atoms with van der Waals surface area (Å²) in [6.07, 6.45) is 4.07. The quantitative estimate of drug-likeness (QED) is 0.599. The molecule has 1 aromatic carbocycles. The molecule has 170 valence electrons. The van der Waals surface area contributed by atoms with Gasteiger partial charge in [-0.15, -0.1) is 0 Å². The molecule has 1 aliphatic rings. The van der Waals surface area contributed by atoms with Gasteiger partial charge in [-0.25, -0.2) is 13.4 Å². The fourth-order valence-electron chi connectivity index (χ4n) is 4.40. The summed E-state index contributed by atoms with van der Waals surface area (Å²) in [4.78, 5) is 18.2. The zero-order valence-electron chi connectivity index (χ0n) is 19.2. The van der Waals surface area contributed by atoms with E-state index in [-0.39, 0.29) is 23.9 Å². The van der Waals surface area contributed by atoms with Gasteiger partial charge in [-0.05, 0) is 71.6 Å². The van der Waals surface area contributed by atoms with Gasteiger partial charge in [0.1, 0.15) is 0 Å². The second kappa shape index (κ2) is 9.38. The number of aromatic nitrogens is 1. The molecule has 1 fully saturated rings. The summed E-state index contributed by atoms with van der Waals surface area (Å²) >= 11 is 1.39. The van der Waals surface area contributed by atoms with E-state index in [1.807, 2.05) is 53.7 Å². The zero-order valence-corrected chi connectivity index (χ0v) is 20.9. The Morgan fingerprint density at radius 3 is 2.32 bits per heavy atom. The van der Waals surface area contributed by atoms with Gasteiger partial charge in [0.15, 0.2) is 5.13 Å². The van der Waals surface area contributed by atoms with Crippen LogP contribution in [0, 0.1) is 19.8 Å². The summed E-state index contributed by atoms with van der Waals surface area (Å²) in [5.41, 5.74) is 2.29. The third-order valence-corrected chi connectivity index (χ3v) is 9.29. The van der Waals surface area contributed by atoms with E-state index in [0.29, 0.717) is 15.6 Å². The number of hydrogen-bond donors (Lipinski definition) is 1. The standard InChI is InChI=1S/C23H33N3O3S2/c1-14(2)26(15(3)4)31(28,29)20-13-19(12-11-16(20)5)21-17(6)24-23(30-21)25-22(27)18-9-7-8-10-18/h11-15,18H,7-10H2,1-6H3,(H,24,25,27). The van der Waals surface area contributed by atoms with Crippen LogP contribution in [-0.4, -0.2) is 35.7 Å². The number of amides is 1. The summed E-state index contributed by atoms with van der Waals surface area (Å²) in [5, 5.41) is 3.53. The molecule has 1 amide bonds. The van der Waals surface area contributed by atoms with Crippen molar-refractivity contribution in [3.05, 3.63) is 29.5 Å². The molecule has 1 aliphatic carbocycles. The van der Waals surface area contributed by atoms with E-state index < -0.39 is 10.0 Å². The number of thiazole rings is 1. The maximum absolute atomic E-state index is 13.5. The normalized spacial score (nSPS) is 15.4. The first kappa shape index (κ1) is 23.9. The molecular weight excluding hydrogens is 430 g/mol. The van der Waals surface area contributed by atoms with Gasteiger partial charge in [0.25, 0.3) is 0 Å². The summed E-state index contributed by atoms with van der Waals surface area (Å²) < 4.78 is 28.5. The number of nitrogens with one attached hydrogen (secondary N) is 1. The first-order chi connectivity index (χ1) is 14.5. The molecule has 0 radical (unpaired) electrons. The van der Waals surface area contributed by atoms with Crippen molar-refractivity contribution in [1.82, 2.24) is 9.29 Å². The van der Waals surface area contributed by atoms with Gasteiger partial charge in [-0.1, -0.05) is 36.3 Å². The van der Waals surface area contributed by atoms with Crippen LogP contribution in [0.15, 0.2) is 23.1 Å². The number of carbonyl (C=O) groups is 1. The Morgan fingerprint density at radius 2 is 1.74 bits per heavy atom. The first-order valence-corrected chi connectivity index (χ1v) is 13.2. The van der Waals surface area contributed by atoms with Crippen LogP contribution >= 0.6 is 11.3 Å². The smallest absolute Gasteiger partial charge is 0.243 e. The van der Waals surface area contributed by atoms with E-state index in [1.165, 1.54) is 11.3 Å². The van der Waals surface area contributed by atoms with Gasteiger partial charge in [0.2, 0.25) is 15.9 Å². The molecule has 2 aromatic rings. The zero-order chi connectivity index (χ0) is 22.9. The number of benzene rings is 1. The average Bonchev–Trinajstić information content (AvgIpc) is 3.31. The van der Waals surface area contributed by atoms with Crippen LogP contribution in [0.4, 0.5) is 5.13 Å². The molecular formula is C23H33N3O3S2. The molecule has 31 heavy (non-hydrogen) atoms. The van der Waals surface area contributed by atoms with Crippen LogP contribution in [0.3, 0.4) is 0 Å². The van der Waals surface area contributed by atoms with Gasteiger partial charge in [-0.3, -0.25) is 4.79 Å². The van der Waals surface area contributed by atoms with Crippen LogP contribution in [-0.2, 0) is 14.8 Å². The van der Waals surface area contributed by atoms with Crippen molar-refractivity contribution < 1.29 is 13.2 Å². The lowest BCUT2D eigenvalue weighted by Gasteiger charge is -2.30. The average molecular weight is 464 g/mol. The second-order valence-corrected chi connectivity index (χ2v) is 11.7. The number of carbonyl (C=O) groups excluding carboxylic acids is 1. The highest BCUT2D eigenvalue weighted by atomic mass is 32.2. The molecule has 1 heterocycles. The Kier molecular flexibility index (Phi) is 7.23. The lowest BCUT2D eigenvalue weighted by atomic mass is 10.1. The molecule has 0 atom stereocenters. The molecule has 3 rings (SSSR count). The first-order valence-electron chi connectivity index (χ1n) is 10.9. The van der Waals surface area contributed by atoms with E-state index in [9.17, 15) is 13.2 Å². The minimum Gasteiger partial charge on any atom is -0.302 e. The molecule has 1 N–H and O–H groups in total. The van der Waals surface area contributed by atoms with E-state index in [0.717, 1.165) is 41.8 Å². The summed E-state index contributed by atoms with van der Waals surface area (Å²) in [6.45, 7) is 11.3. The summed E-state index contributed by atoms with van der Waals surface area (Å²) in [5.74, 6) is 0.108.